The van der Waals surface area contributed by atoms with E-state index in [-0.39, 0.29) is 12.3 Å². The van der Waals surface area contributed by atoms with Gasteiger partial charge in [-0.1, -0.05) is 0 Å². The second-order valence-electron chi connectivity index (χ2n) is 4.69. The molecule has 2 aromatic rings. The zero-order valence-corrected chi connectivity index (χ0v) is 12.0. The number of ether oxygens (including phenoxy) is 2. The number of aromatic amines is 1. The molecule has 2 rings (SSSR count). The summed E-state index contributed by atoms with van der Waals surface area (Å²) in [7, 11) is 0. The molecule has 0 aliphatic rings. The van der Waals surface area contributed by atoms with Gasteiger partial charge in [0.25, 0.3) is 12.2 Å². The van der Waals surface area contributed by atoms with E-state index in [0.29, 0.717) is 28.5 Å². The number of esters is 1. The number of fused-ring (bicyclic) bond motifs is 1. The van der Waals surface area contributed by atoms with Gasteiger partial charge in [-0.05, 0) is 18.6 Å². The number of nitrogens with zero attached hydrogens (tertiary/aromatic N) is 1. The number of carbonyl (C=O) groups excluding carboxylic acids is 2. The fourth-order valence-electron chi connectivity index (χ4n) is 2.20. The molecule has 1 unspecified atom stereocenters. The Balaban J connectivity index is 2.54. The predicted molar refractivity (Wildman–Crippen MR) is 76.0 cm³/mol. The molecule has 1 heterocycles. The normalized spacial score (nSPS) is 11.9. The van der Waals surface area contributed by atoms with Crippen LogP contribution < -0.4 is 0 Å². The second kappa shape index (κ2) is 6.25. The first kappa shape index (κ1) is 15.5. The molecule has 0 aliphatic heterocycles. The Labute approximate surface area is 125 Å². The van der Waals surface area contributed by atoms with Crippen LogP contribution in [0.4, 0.5) is 5.69 Å². The van der Waals surface area contributed by atoms with Crippen LogP contribution in [0.3, 0.4) is 0 Å². The van der Waals surface area contributed by atoms with E-state index >= 15 is 0 Å². The summed E-state index contributed by atoms with van der Waals surface area (Å²) in [5.41, 5.74) is 1.28. The Morgan fingerprint density at radius 2 is 2.23 bits per heavy atom. The highest BCUT2D eigenvalue weighted by Gasteiger charge is 2.20. The van der Waals surface area contributed by atoms with Crippen molar-refractivity contribution in [2.24, 2.45) is 0 Å². The smallest absolute Gasteiger partial charge is 0.302 e. The Kier molecular flexibility index (Phi) is 4.40. The van der Waals surface area contributed by atoms with Crippen LogP contribution in [0, 0.1) is 10.1 Å². The van der Waals surface area contributed by atoms with E-state index in [0.717, 1.165) is 0 Å². The van der Waals surface area contributed by atoms with E-state index in [1.165, 1.54) is 13.0 Å². The van der Waals surface area contributed by atoms with Crippen molar-refractivity contribution in [2.75, 3.05) is 0 Å². The molecule has 0 bridgehead atoms. The van der Waals surface area contributed by atoms with Crippen LogP contribution in [-0.2, 0) is 25.7 Å². The molecule has 0 amide bonds. The van der Waals surface area contributed by atoms with Gasteiger partial charge >= 0.3 is 5.97 Å². The first-order valence-electron chi connectivity index (χ1n) is 6.44. The summed E-state index contributed by atoms with van der Waals surface area (Å²) < 4.78 is 9.75. The standard InChI is InChI=1S/C14H14N2O6/c1-8(22-7-17)12-5-15-14-11(12)3-10(6-21-9(2)18)4-13(14)16(19)20/h3-5,7-8,15H,6H2,1-2H3. The predicted octanol–water partition coefficient (Wildman–Crippen LogP) is 2.37. The zero-order chi connectivity index (χ0) is 16.3. The molecule has 0 fully saturated rings. The number of aromatic nitrogens is 1. The largest absolute Gasteiger partial charge is 0.461 e. The van der Waals surface area contributed by atoms with Crippen LogP contribution in [0.25, 0.3) is 10.9 Å². The van der Waals surface area contributed by atoms with Crippen molar-refractivity contribution in [1.82, 2.24) is 4.98 Å². The van der Waals surface area contributed by atoms with Crippen molar-refractivity contribution in [1.29, 1.82) is 0 Å². The molecule has 22 heavy (non-hydrogen) atoms. The average Bonchev–Trinajstić information content (AvgIpc) is 2.88. The number of non-ortho nitro benzene ring substituents is 1. The summed E-state index contributed by atoms with van der Waals surface area (Å²) in [6.07, 6.45) is 0.997. The summed E-state index contributed by atoms with van der Waals surface area (Å²) in [6, 6.07) is 3.01. The van der Waals surface area contributed by atoms with Gasteiger partial charge in [-0.15, -0.1) is 0 Å². The lowest BCUT2D eigenvalue weighted by Gasteiger charge is -2.09. The minimum absolute atomic E-state index is 0.0698. The summed E-state index contributed by atoms with van der Waals surface area (Å²) in [5.74, 6) is -0.477. The van der Waals surface area contributed by atoms with Crippen LogP contribution in [0.5, 0.6) is 0 Å². The monoisotopic (exact) mass is 306 g/mol. The minimum Gasteiger partial charge on any atom is -0.461 e. The van der Waals surface area contributed by atoms with Gasteiger partial charge in [0.05, 0.1) is 4.92 Å². The van der Waals surface area contributed by atoms with E-state index in [1.54, 1.807) is 19.2 Å². The summed E-state index contributed by atoms with van der Waals surface area (Å²) in [5, 5.41) is 11.7. The van der Waals surface area contributed by atoms with Crippen molar-refractivity contribution in [3.8, 4) is 0 Å². The number of hydrogen-bond donors (Lipinski definition) is 1. The van der Waals surface area contributed by atoms with Gasteiger partial charge in [-0.3, -0.25) is 19.7 Å². The highest BCUT2D eigenvalue weighted by molar-refractivity contribution is 5.91. The van der Waals surface area contributed by atoms with Crippen molar-refractivity contribution >= 4 is 29.0 Å². The molecule has 1 aromatic carbocycles. The number of nitro benzene ring substituents is 1. The first-order chi connectivity index (χ1) is 10.4. The van der Waals surface area contributed by atoms with Crippen LogP contribution >= 0.6 is 0 Å². The van der Waals surface area contributed by atoms with Gasteiger partial charge in [0, 0.05) is 30.1 Å². The van der Waals surface area contributed by atoms with Gasteiger partial charge in [-0.25, -0.2) is 0 Å². The van der Waals surface area contributed by atoms with E-state index in [4.69, 9.17) is 9.47 Å². The van der Waals surface area contributed by atoms with E-state index < -0.39 is 17.0 Å². The molecule has 0 saturated carbocycles. The van der Waals surface area contributed by atoms with Gasteiger partial charge in [0.1, 0.15) is 18.2 Å². The zero-order valence-electron chi connectivity index (χ0n) is 12.0. The SMILES string of the molecule is CC(=O)OCc1cc([N+](=O)[O-])c2[nH]cc(C(C)OC=O)c2c1. The van der Waals surface area contributed by atoms with Gasteiger partial charge in [0.15, 0.2) is 0 Å². The number of nitrogens with one attached hydrogen (secondary N) is 1. The van der Waals surface area contributed by atoms with Crippen molar-refractivity contribution in [2.45, 2.75) is 26.6 Å². The highest BCUT2D eigenvalue weighted by atomic mass is 16.6. The topological polar surface area (TPSA) is 112 Å². The van der Waals surface area contributed by atoms with Crippen molar-refractivity contribution < 1.29 is 24.0 Å². The third-order valence-electron chi connectivity index (χ3n) is 3.20. The Morgan fingerprint density at radius 1 is 1.50 bits per heavy atom. The highest BCUT2D eigenvalue weighted by Crippen LogP contribution is 2.33. The second-order valence-corrected chi connectivity index (χ2v) is 4.69. The lowest BCUT2D eigenvalue weighted by atomic mass is 10.1. The Hall–Kier alpha value is -2.90. The minimum atomic E-state index is -0.560. The Morgan fingerprint density at radius 3 is 2.82 bits per heavy atom. The van der Waals surface area contributed by atoms with E-state index in [2.05, 4.69) is 4.98 Å². The maximum atomic E-state index is 11.2. The molecule has 0 radical (unpaired) electrons. The number of benzene rings is 1. The molecule has 1 atom stereocenters. The molecular formula is C14H14N2O6. The Bertz CT molecular complexity index is 736. The molecule has 116 valence electrons. The van der Waals surface area contributed by atoms with Gasteiger partial charge < -0.3 is 14.5 Å². The van der Waals surface area contributed by atoms with Crippen molar-refractivity contribution in [3.05, 3.63) is 39.6 Å². The summed E-state index contributed by atoms with van der Waals surface area (Å²) >= 11 is 0. The molecule has 0 saturated heterocycles. The molecule has 1 N–H and O–H groups in total. The molecule has 8 nitrogen and oxygen atoms in total. The lowest BCUT2D eigenvalue weighted by molar-refractivity contribution is -0.383. The maximum Gasteiger partial charge on any atom is 0.302 e. The fraction of sp³-hybridized carbons (Fsp3) is 0.286. The van der Waals surface area contributed by atoms with Crippen LogP contribution in [0.1, 0.15) is 31.1 Å². The summed E-state index contributed by atoms with van der Waals surface area (Å²) in [6.45, 7) is 3.16. The maximum absolute atomic E-state index is 11.2. The number of carbonyl (C=O) groups is 2. The molecule has 0 aliphatic carbocycles. The third kappa shape index (κ3) is 3.05. The van der Waals surface area contributed by atoms with Crippen LogP contribution in [0.15, 0.2) is 18.3 Å². The lowest BCUT2D eigenvalue weighted by Crippen LogP contribution is -2.01. The first-order valence-corrected chi connectivity index (χ1v) is 6.44. The van der Waals surface area contributed by atoms with Gasteiger partial charge in [0.2, 0.25) is 0 Å². The molecular weight excluding hydrogens is 292 g/mol. The summed E-state index contributed by atoms with van der Waals surface area (Å²) in [4.78, 5) is 34.9. The quantitative estimate of drug-likeness (QED) is 0.379. The molecule has 8 heteroatoms. The number of H-pyrrole nitrogens is 1. The fourth-order valence-corrected chi connectivity index (χ4v) is 2.20. The molecule has 1 aromatic heterocycles. The number of rotatable bonds is 6. The van der Waals surface area contributed by atoms with Crippen molar-refractivity contribution in [3.63, 3.8) is 0 Å². The average molecular weight is 306 g/mol. The van der Waals surface area contributed by atoms with Gasteiger partial charge in [-0.2, -0.15) is 0 Å². The third-order valence-corrected chi connectivity index (χ3v) is 3.20. The van der Waals surface area contributed by atoms with E-state index in [1.807, 2.05) is 0 Å². The van der Waals surface area contributed by atoms with Crippen LogP contribution in [-0.4, -0.2) is 22.3 Å². The number of nitro groups is 1. The molecule has 0 spiro atoms. The van der Waals surface area contributed by atoms with E-state index in [9.17, 15) is 19.7 Å². The number of hydrogen-bond acceptors (Lipinski definition) is 6. The van der Waals surface area contributed by atoms with Crippen LogP contribution in [0.2, 0.25) is 0 Å².